The number of aliphatic hydroxyl groups excluding tert-OH is 1. The average Bonchev–Trinajstić information content (AvgIpc) is 2.28. The van der Waals surface area contributed by atoms with Gasteiger partial charge in [-0.1, -0.05) is 6.92 Å². The normalized spacial score (nSPS) is 12.2. The number of nitrogens with one attached hydrogen (secondary N) is 1. The van der Waals surface area contributed by atoms with Crippen LogP contribution in [-0.2, 0) is 0 Å². The van der Waals surface area contributed by atoms with Gasteiger partial charge in [-0.05, 0) is 12.8 Å². The third-order valence-corrected chi connectivity index (χ3v) is 2.05. The number of nitrogens with two attached hydrogens (primary N) is 1. The van der Waals surface area contributed by atoms with Gasteiger partial charge in [0.1, 0.15) is 0 Å². The van der Waals surface area contributed by atoms with Crippen LogP contribution in [0.15, 0.2) is 0 Å². The fourth-order valence-corrected chi connectivity index (χ4v) is 1.10. The lowest BCUT2D eigenvalue weighted by Gasteiger charge is -2.09. The zero-order valence-electron chi connectivity index (χ0n) is 9.47. The maximum atomic E-state index is 9.35. The molecule has 0 saturated carbocycles. The summed E-state index contributed by atoms with van der Waals surface area (Å²) in [6.45, 7) is 2.50. The molecule has 1 heterocycles. The van der Waals surface area contributed by atoms with Gasteiger partial charge in [0.2, 0.25) is 11.9 Å². The van der Waals surface area contributed by atoms with Crippen LogP contribution in [-0.4, -0.2) is 39.8 Å². The number of anilines is 2. The Morgan fingerprint density at radius 1 is 1.44 bits per heavy atom. The van der Waals surface area contributed by atoms with E-state index in [2.05, 4.69) is 20.3 Å². The molecular weight excluding hydrogens is 210 g/mol. The van der Waals surface area contributed by atoms with E-state index in [1.165, 1.54) is 7.11 Å². The zero-order valence-corrected chi connectivity index (χ0v) is 9.47. The fourth-order valence-electron chi connectivity index (χ4n) is 1.10. The van der Waals surface area contributed by atoms with Crippen LogP contribution < -0.4 is 15.8 Å². The van der Waals surface area contributed by atoms with Crippen molar-refractivity contribution >= 4 is 11.9 Å². The van der Waals surface area contributed by atoms with Gasteiger partial charge >= 0.3 is 6.01 Å². The molecule has 1 aromatic rings. The van der Waals surface area contributed by atoms with Gasteiger partial charge in [-0.2, -0.15) is 15.0 Å². The van der Waals surface area contributed by atoms with Crippen molar-refractivity contribution in [2.75, 3.05) is 24.7 Å². The molecule has 4 N–H and O–H groups in total. The predicted molar refractivity (Wildman–Crippen MR) is 60.2 cm³/mol. The summed E-state index contributed by atoms with van der Waals surface area (Å²) in [5.41, 5.74) is 5.46. The highest BCUT2D eigenvalue weighted by Gasteiger charge is 2.05. The van der Waals surface area contributed by atoms with Crippen molar-refractivity contribution < 1.29 is 9.84 Å². The Labute approximate surface area is 94.1 Å². The van der Waals surface area contributed by atoms with Crippen molar-refractivity contribution in [1.82, 2.24) is 15.0 Å². The maximum Gasteiger partial charge on any atom is 0.322 e. The highest BCUT2D eigenvalue weighted by molar-refractivity contribution is 5.32. The van der Waals surface area contributed by atoms with Gasteiger partial charge in [-0.25, -0.2) is 0 Å². The van der Waals surface area contributed by atoms with Gasteiger partial charge < -0.3 is 20.9 Å². The first kappa shape index (κ1) is 12.4. The van der Waals surface area contributed by atoms with Crippen LogP contribution in [0.4, 0.5) is 11.9 Å². The molecule has 0 aliphatic carbocycles. The fraction of sp³-hybridized carbons (Fsp3) is 0.667. The van der Waals surface area contributed by atoms with Gasteiger partial charge in [-0.3, -0.25) is 0 Å². The molecule has 16 heavy (non-hydrogen) atoms. The van der Waals surface area contributed by atoms with E-state index in [0.717, 1.165) is 6.42 Å². The van der Waals surface area contributed by atoms with E-state index in [1.54, 1.807) is 0 Å². The number of rotatable bonds is 6. The predicted octanol–water partition coefficient (Wildman–Crippen LogP) is 0.0353. The molecule has 1 unspecified atom stereocenters. The molecule has 0 amide bonds. The summed E-state index contributed by atoms with van der Waals surface area (Å²) in [5.74, 6) is 0.457. The molecule has 90 valence electrons. The Balaban J connectivity index is 2.50. The highest BCUT2D eigenvalue weighted by atomic mass is 16.5. The first-order valence-electron chi connectivity index (χ1n) is 5.13. The summed E-state index contributed by atoms with van der Waals surface area (Å²) < 4.78 is 4.85. The van der Waals surface area contributed by atoms with Crippen LogP contribution in [0.2, 0.25) is 0 Å². The molecule has 0 aliphatic heterocycles. The second-order valence-corrected chi connectivity index (χ2v) is 3.28. The Kier molecular flexibility index (Phi) is 4.71. The lowest BCUT2D eigenvalue weighted by molar-refractivity contribution is 0.164. The first-order valence-corrected chi connectivity index (χ1v) is 5.13. The topological polar surface area (TPSA) is 106 Å². The summed E-state index contributed by atoms with van der Waals surface area (Å²) in [5, 5.41) is 12.3. The molecule has 7 heteroatoms. The number of nitrogens with zero attached hydrogens (tertiary/aromatic N) is 3. The van der Waals surface area contributed by atoms with E-state index in [-0.39, 0.29) is 18.1 Å². The molecule has 0 saturated heterocycles. The van der Waals surface area contributed by atoms with Crippen LogP contribution in [0.3, 0.4) is 0 Å². The van der Waals surface area contributed by atoms with Gasteiger partial charge in [0.05, 0.1) is 13.2 Å². The number of nitrogen functional groups attached to an aromatic ring is 1. The highest BCUT2D eigenvalue weighted by Crippen LogP contribution is 2.08. The molecule has 7 nitrogen and oxygen atoms in total. The minimum atomic E-state index is -0.312. The van der Waals surface area contributed by atoms with E-state index in [9.17, 15) is 5.11 Å². The molecule has 0 fully saturated rings. The van der Waals surface area contributed by atoms with E-state index >= 15 is 0 Å². The van der Waals surface area contributed by atoms with E-state index in [4.69, 9.17) is 10.5 Å². The number of aliphatic hydroxyl groups is 1. The molecule has 0 aromatic carbocycles. The number of aromatic nitrogens is 3. The van der Waals surface area contributed by atoms with Gasteiger partial charge in [0, 0.05) is 6.54 Å². The van der Waals surface area contributed by atoms with Crippen molar-refractivity contribution in [3.63, 3.8) is 0 Å². The lowest BCUT2D eigenvalue weighted by atomic mass is 10.2. The summed E-state index contributed by atoms with van der Waals surface area (Å²) in [7, 11) is 1.46. The minimum absolute atomic E-state index is 0.102. The second-order valence-electron chi connectivity index (χ2n) is 3.28. The first-order chi connectivity index (χ1) is 7.65. The summed E-state index contributed by atoms with van der Waals surface area (Å²) in [6, 6.07) is 0.172. The van der Waals surface area contributed by atoms with Crippen molar-refractivity contribution in [1.29, 1.82) is 0 Å². The standard InChI is InChI=1S/C9H17N5O2/c1-3-6(15)4-5-11-8-12-7(10)13-9(14-8)16-2/h6,15H,3-5H2,1-2H3,(H3,10,11,12,13,14). The van der Waals surface area contributed by atoms with E-state index in [1.807, 2.05) is 6.92 Å². The summed E-state index contributed by atoms with van der Waals surface area (Å²) in [4.78, 5) is 11.6. The number of hydrogen-bond acceptors (Lipinski definition) is 7. The van der Waals surface area contributed by atoms with E-state index < -0.39 is 0 Å². The SMILES string of the molecule is CCC(O)CCNc1nc(N)nc(OC)n1. The molecule has 0 spiro atoms. The molecule has 1 atom stereocenters. The van der Waals surface area contributed by atoms with Crippen molar-refractivity contribution in [3.05, 3.63) is 0 Å². The molecule has 1 rings (SSSR count). The lowest BCUT2D eigenvalue weighted by Crippen LogP contribution is -2.14. The number of ether oxygens (including phenoxy) is 1. The van der Waals surface area contributed by atoms with Gasteiger partial charge in [-0.15, -0.1) is 0 Å². The Bertz CT molecular complexity index is 334. The summed E-state index contributed by atoms with van der Waals surface area (Å²) in [6.07, 6.45) is 1.04. The third kappa shape index (κ3) is 3.85. The monoisotopic (exact) mass is 227 g/mol. The maximum absolute atomic E-state index is 9.35. The van der Waals surface area contributed by atoms with Crippen LogP contribution in [0.1, 0.15) is 19.8 Å². The van der Waals surface area contributed by atoms with Gasteiger partial charge in [0.25, 0.3) is 0 Å². The van der Waals surface area contributed by atoms with E-state index in [0.29, 0.717) is 18.9 Å². The van der Waals surface area contributed by atoms with Crippen LogP contribution in [0, 0.1) is 0 Å². The molecule has 0 radical (unpaired) electrons. The summed E-state index contributed by atoms with van der Waals surface area (Å²) >= 11 is 0. The molecular formula is C9H17N5O2. The zero-order chi connectivity index (χ0) is 12.0. The molecule has 0 aliphatic rings. The quantitative estimate of drug-likeness (QED) is 0.629. The Hall–Kier alpha value is -1.63. The van der Waals surface area contributed by atoms with Gasteiger partial charge in [0.15, 0.2) is 0 Å². The van der Waals surface area contributed by atoms with Crippen molar-refractivity contribution in [2.24, 2.45) is 0 Å². The largest absolute Gasteiger partial charge is 0.467 e. The van der Waals surface area contributed by atoms with Crippen LogP contribution >= 0.6 is 0 Å². The van der Waals surface area contributed by atoms with Crippen molar-refractivity contribution in [3.8, 4) is 6.01 Å². The number of hydrogen-bond donors (Lipinski definition) is 3. The minimum Gasteiger partial charge on any atom is -0.467 e. The smallest absolute Gasteiger partial charge is 0.322 e. The van der Waals surface area contributed by atoms with Crippen molar-refractivity contribution in [2.45, 2.75) is 25.9 Å². The molecule has 0 bridgehead atoms. The third-order valence-electron chi connectivity index (χ3n) is 2.05. The number of methoxy groups -OCH3 is 1. The van der Waals surface area contributed by atoms with Crippen LogP contribution in [0.25, 0.3) is 0 Å². The second kappa shape index (κ2) is 6.06. The average molecular weight is 227 g/mol. The Morgan fingerprint density at radius 3 is 2.81 bits per heavy atom. The molecule has 1 aromatic heterocycles. The Morgan fingerprint density at radius 2 is 2.19 bits per heavy atom. The van der Waals surface area contributed by atoms with Crippen LogP contribution in [0.5, 0.6) is 6.01 Å².